The van der Waals surface area contributed by atoms with Crippen molar-refractivity contribution in [1.29, 1.82) is 0 Å². The van der Waals surface area contributed by atoms with Gasteiger partial charge in [-0.1, -0.05) is 6.42 Å². The zero-order valence-electron chi connectivity index (χ0n) is 9.95. The second-order valence-corrected chi connectivity index (χ2v) is 4.72. The van der Waals surface area contributed by atoms with Crippen LogP contribution in [-0.2, 0) is 0 Å². The number of nitrogens with two attached hydrogens (primary N) is 1. The number of hydrogen-bond donors (Lipinski definition) is 1. The zero-order valence-corrected chi connectivity index (χ0v) is 9.95. The smallest absolute Gasteiger partial charge is 0.253 e. The Morgan fingerprint density at radius 2 is 2.24 bits per heavy atom. The Balaban J connectivity index is 2.04. The van der Waals surface area contributed by atoms with E-state index in [1.165, 1.54) is 37.5 Å². The van der Waals surface area contributed by atoms with Gasteiger partial charge in [0.2, 0.25) is 0 Å². The first kappa shape index (κ1) is 11.9. The third kappa shape index (κ3) is 2.57. The number of carbonyl (C=O) groups excluding carboxylic acids is 1. The van der Waals surface area contributed by atoms with Crippen LogP contribution in [0.15, 0.2) is 18.2 Å². The Bertz CT molecular complexity index is 429. The van der Waals surface area contributed by atoms with E-state index in [1.807, 2.05) is 0 Å². The molecule has 1 aromatic carbocycles. The Hall–Kier alpha value is -1.58. The van der Waals surface area contributed by atoms with E-state index in [9.17, 15) is 9.18 Å². The fourth-order valence-electron chi connectivity index (χ4n) is 2.04. The predicted octanol–water partition coefficient (Wildman–Crippen LogP) is 2.28. The molecule has 1 aliphatic rings. The molecule has 0 bridgehead atoms. The summed E-state index contributed by atoms with van der Waals surface area (Å²) < 4.78 is 13.0. The van der Waals surface area contributed by atoms with Crippen molar-refractivity contribution in [3.63, 3.8) is 0 Å². The van der Waals surface area contributed by atoms with E-state index < -0.39 is 5.82 Å². The van der Waals surface area contributed by atoms with E-state index in [2.05, 4.69) is 0 Å². The van der Waals surface area contributed by atoms with Crippen LogP contribution in [0.2, 0.25) is 0 Å². The van der Waals surface area contributed by atoms with Gasteiger partial charge in [0.15, 0.2) is 0 Å². The van der Waals surface area contributed by atoms with Crippen LogP contribution in [0.25, 0.3) is 0 Å². The van der Waals surface area contributed by atoms with Gasteiger partial charge in [-0.3, -0.25) is 4.79 Å². The molecule has 0 saturated heterocycles. The topological polar surface area (TPSA) is 46.3 Å². The van der Waals surface area contributed by atoms with Gasteiger partial charge in [-0.25, -0.2) is 4.39 Å². The lowest BCUT2D eigenvalue weighted by atomic mass is 9.85. The Morgan fingerprint density at radius 1 is 1.53 bits per heavy atom. The first-order valence-corrected chi connectivity index (χ1v) is 5.88. The number of rotatable bonds is 3. The summed E-state index contributed by atoms with van der Waals surface area (Å²) in [6.07, 6.45) is 3.66. The van der Waals surface area contributed by atoms with Crippen molar-refractivity contribution in [2.75, 3.05) is 19.3 Å². The highest BCUT2D eigenvalue weighted by molar-refractivity contribution is 5.94. The van der Waals surface area contributed by atoms with Gasteiger partial charge < -0.3 is 10.6 Å². The maximum atomic E-state index is 13.0. The molecule has 0 aliphatic heterocycles. The summed E-state index contributed by atoms with van der Waals surface area (Å²) in [5.74, 6) is 0.0496. The Morgan fingerprint density at radius 3 is 2.76 bits per heavy atom. The summed E-state index contributed by atoms with van der Waals surface area (Å²) in [5, 5.41) is 0. The van der Waals surface area contributed by atoms with Crippen molar-refractivity contribution in [3.05, 3.63) is 29.6 Å². The maximum Gasteiger partial charge on any atom is 0.253 e. The minimum Gasteiger partial charge on any atom is -0.396 e. The number of carbonyl (C=O) groups is 1. The second-order valence-electron chi connectivity index (χ2n) is 4.72. The monoisotopic (exact) mass is 236 g/mol. The molecular weight excluding hydrogens is 219 g/mol. The van der Waals surface area contributed by atoms with Crippen LogP contribution in [0.4, 0.5) is 10.1 Å². The molecule has 0 aromatic heterocycles. The Labute approximate surface area is 100 Å². The van der Waals surface area contributed by atoms with Gasteiger partial charge >= 0.3 is 0 Å². The summed E-state index contributed by atoms with van der Waals surface area (Å²) in [4.78, 5) is 13.7. The lowest BCUT2D eigenvalue weighted by Gasteiger charge is -2.30. The third-order valence-corrected chi connectivity index (χ3v) is 3.35. The molecule has 0 heterocycles. The third-order valence-electron chi connectivity index (χ3n) is 3.35. The summed E-state index contributed by atoms with van der Waals surface area (Å²) in [6, 6.07) is 4.11. The van der Waals surface area contributed by atoms with Crippen molar-refractivity contribution < 1.29 is 9.18 Å². The molecule has 1 amide bonds. The summed E-state index contributed by atoms with van der Waals surface area (Å²) in [7, 11) is 1.78. The minimum atomic E-state index is -0.483. The summed E-state index contributed by atoms with van der Waals surface area (Å²) >= 11 is 0. The Kier molecular flexibility index (Phi) is 3.31. The number of nitrogens with zero attached hydrogens (tertiary/aromatic N) is 1. The maximum absolute atomic E-state index is 13.0. The average molecular weight is 236 g/mol. The molecular formula is C13H17FN2O. The van der Waals surface area contributed by atoms with E-state index in [0.29, 0.717) is 11.5 Å². The molecule has 0 atom stereocenters. The molecule has 3 nitrogen and oxygen atoms in total. The van der Waals surface area contributed by atoms with Crippen LogP contribution in [0.5, 0.6) is 0 Å². The zero-order chi connectivity index (χ0) is 12.4. The van der Waals surface area contributed by atoms with Crippen LogP contribution < -0.4 is 5.73 Å². The van der Waals surface area contributed by atoms with Gasteiger partial charge in [-0.2, -0.15) is 0 Å². The first-order valence-electron chi connectivity index (χ1n) is 5.88. The quantitative estimate of drug-likeness (QED) is 0.818. The summed E-state index contributed by atoms with van der Waals surface area (Å²) in [6.45, 7) is 0.774. The number of amides is 1. The highest BCUT2D eigenvalue weighted by atomic mass is 19.1. The molecule has 1 fully saturated rings. The van der Waals surface area contributed by atoms with Crippen molar-refractivity contribution in [1.82, 2.24) is 4.90 Å². The second kappa shape index (κ2) is 4.73. The molecule has 2 N–H and O–H groups in total. The molecule has 1 saturated carbocycles. The molecule has 1 aliphatic carbocycles. The molecule has 1 aromatic rings. The number of hydrogen-bond acceptors (Lipinski definition) is 2. The number of nitrogen functional groups attached to an aromatic ring is 1. The van der Waals surface area contributed by atoms with Gasteiger partial charge in [0.1, 0.15) is 5.82 Å². The number of halogens is 1. The van der Waals surface area contributed by atoms with Crippen molar-refractivity contribution >= 4 is 11.6 Å². The average Bonchev–Trinajstić information content (AvgIpc) is 2.26. The van der Waals surface area contributed by atoms with Gasteiger partial charge in [-0.05, 0) is 37.0 Å². The van der Waals surface area contributed by atoms with E-state index in [-0.39, 0.29) is 11.6 Å². The normalized spacial score (nSPS) is 15.4. The van der Waals surface area contributed by atoms with Crippen LogP contribution in [0, 0.1) is 11.7 Å². The van der Waals surface area contributed by atoms with Gasteiger partial charge in [-0.15, -0.1) is 0 Å². The number of benzene rings is 1. The van der Waals surface area contributed by atoms with Crippen molar-refractivity contribution in [2.24, 2.45) is 5.92 Å². The summed E-state index contributed by atoms with van der Waals surface area (Å²) in [5.41, 5.74) is 5.92. The van der Waals surface area contributed by atoms with Crippen molar-refractivity contribution in [2.45, 2.75) is 19.3 Å². The standard InChI is InChI=1S/C13H17FN2O/c1-16(8-9-3-2-4-9)13(17)10-5-6-11(14)12(15)7-10/h5-7,9H,2-4,8,15H2,1H3. The van der Waals surface area contributed by atoms with E-state index in [4.69, 9.17) is 5.73 Å². The van der Waals surface area contributed by atoms with Crippen molar-refractivity contribution in [3.8, 4) is 0 Å². The van der Waals surface area contributed by atoms with E-state index >= 15 is 0 Å². The van der Waals surface area contributed by atoms with Gasteiger partial charge in [0.25, 0.3) is 5.91 Å². The highest BCUT2D eigenvalue weighted by Crippen LogP contribution is 2.27. The molecule has 17 heavy (non-hydrogen) atoms. The number of anilines is 1. The van der Waals surface area contributed by atoms with E-state index in [1.54, 1.807) is 11.9 Å². The van der Waals surface area contributed by atoms with Crippen LogP contribution >= 0.6 is 0 Å². The van der Waals surface area contributed by atoms with Gasteiger partial charge in [0, 0.05) is 19.2 Å². The molecule has 0 unspecified atom stereocenters. The molecule has 2 rings (SSSR count). The van der Waals surface area contributed by atoms with Gasteiger partial charge in [0.05, 0.1) is 5.69 Å². The van der Waals surface area contributed by atoms with Crippen LogP contribution in [0.1, 0.15) is 29.6 Å². The molecule has 0 spiro atoms. The lowest BCUT2D eigenvalue weighted by molar-refractivity contribution is 0.0745. The van der Waals surface area contributed by atoms with Crippen LogP contribution in [-0.4, -0.2) is 24.4 Å². The van der Waals surface area contributed by atoms with E-state index in [0.717, 1.165) is 6.54 Å². The highest BCUT2D eigenvalue weighted by Gasteiger charge is 2.22. The first-order chi connectivity index (χ1) is 8.08. The lowest BCUT2D eigenvalue weighted by Crippen LogP contribution is -2.34. The fraction of sp³-hybridized carbons (Fsp3) is 0.462. The fourth-order valence-corrected chi connectivity index (χ4v) is 2.04. The largest absolute Gasteiger partial charge is 0.396 e. The molecule has 0 radical (unpaired) electrons. The van der Waals surface area contributed by atoms with Crippen LogP contribution in [0.3, 0.4) is 0 Å². The molecule has 4 heteroatoms. The predicted molar refractivity (Wildman–Crippen MR) is 65.1 cm³/mol. The minimum absolute atomic E-state index is 0.0212. The molecule has 92 valence electrons. The SMILES string of the molecule is CN(CC1CCC1)C(=O)c1ccc(F)c(N)c1.